The van der Waals surface area contributed by atoms with E-state index in [1.807, 2.05) is 38.2 Å². The van der Waals surface area contributed by atoms with Crippen LogP contribution in [0.2, 0.25) is 0 Å². The Morgan fingerprint density at radius 3 is 1.09 bits per heavy atom. The zero-order valence-corrected chi connectivity index (χ0v) is 29.0. The van der Waals surface area contributed by atoms with Crippen LogP contribution < -0.4 is 5.63 Å². The van der Waals surface area contributed by atoms with Gasteiger partial charge in [-0.25, -0.2) is 0 Å². The van der Waals surface area contributed by atoms with Gasteiger partial charge in [0.15, 0.2) is 0 Å². The molecule has 4 aromatic rings. The number of hydrogen-bond acceptors (Lipinski definition) is 6. The molecule has 0 saturated carbocycles. The van der Waals surface area contributed by atoms with E-state index in [-0.39, 0.29) is 19.6 Å². The molecule has 6 rings (SSSR count). The Labute approximate surface area is 270 Å². The number of rotatable bonds is 10. The first-order chi connectivity index (χ1) is 21.6. The normalized spacial score (nSPS) is 14.7. The van der Waals surface area contributed by atoms with Gasteiger partial charge in [-0.1, -0.05) is 0 Å². The molecule has 0 atom stereocenters. The Hall–Kier alpha value is -3.78. The third kappa shape index (κ3) is 6.35. The zero-order valence-electron chi connectivity index (χ0n) is 24.9. The van der Waals surface area contributed by atoms with Gasteiger partial charge in [0, 0.05) is 0 Å². The van der Waals surface area contributed by atoms with Crippen LogP contribution in [0.15, 0.2) is 160 Å². The number of hydrogen-bond donors (Lipinski definition) is 0. The van der Waals surface area contributed by atoms with Crippen molar-refractivity contribution in [3.63, 3.8) is 0 Å². The molecule has 45 heavy (non-hydrogen) atoms. The van der Waals surface area contributed by atoms with E-state index in [4.69, 9.17) is 5.63 Å². The number of sulfone groups is 2. The van der Waals surface area contributed by atoms with Crippen LogP contribution in [-0.2, 0) is 40.8 Å². The van der Waals surface area contributed by atoms with E-state index in [1.165, 1.54) is 0 Å². The molecule has 0 unspecified atom stereocenters. The van der Waals surface area contributed by atoms with Crippen molar-refractivity contribution in [3.8, 4) is 11.5 Å². The average molecular weight is 716 g/mol. The first kappa shape index (κ1) is 31.2. The Kier molecular flexibility index (Phi) is 8.70. The van der Waals surface area contributed by atoms with Gasteiger partial charge in [-0.3, -0.25) is 0 Å². The Morgan fingerprint density at radius 2 is 0.800 bits per heavy atom. The first-order valence-electron chi connectivity index (χ1n) is 14.5. The van der Waals surface area contributed by atoms with Crippen molar-refractivity contribution in [2.75, 3.05) is 0 Å². The predicted molar refractivity (Wildman–Crippen MR) is 171 cm³/mol. The minimum atomic E-state index is -4.41. The van der Waals surface area contributed by atoms with Crippen molar-refractivity contribution in [1.82, 2.24) is 0 Å². The van der Waals surface area contributed by atoms with Gasteiger partial charge in [-0.2, -0.15) is 0 Å². The van der Waals surface area contributed by atoms with Crippen molar-refractivity contribution in [3.05, 3.63) is 151 Å². The first-order valence-corrected chi connectivity index (χ1v) is 22.0. The van der Waals surface area contributed by atoms with Crippen LogP contribution in [0.5, 0.6) is 11.5 Å². The van der Waals surface area contributed by atoms with Gasteiger partial charge >= 0.3 is 272 Å². The molecule has 0 saturated heterocycles. The van der Waals surface area contributed by atoms with Crippen molar-refractivity contribution < 1.29 is 43.6 Å². The summed E-state index contributed by atoms with van der Waals surface area (Å²) in [6.45, 7) is 3.82. The van der Waals surface area contributed by atoms with Gasteiger partial charge in [-0.05, 0) is 0 Å². The van der Waals surface area contributed by atoms with Crippen LogP contribution in [0, 0.1) is 13.8 Å². The molecule has 2 aliphatic carbocycles. The summed E-state index contributed by atoms with van der Waals surface area (Å²) in [6.07, 6.45) is 13.5. The molecule has 0 amide bonds. The van der Waals surface area contributed by atoms with Crippen LogP contribution in [-0.4, -0.2) is 16.8 Å². The van der Waals surface area contributed by atoms with Crippen LogP contribution >= 0.6 is 0 Å². The maximum absolute atomic E-state index is 13.3. The molecule has 0 N–H and O–H groups in total. The molecule has 9 heteroatoms. The summed E-state index contributed by atoms with van der Waals surface area (Å²) in [5.74, 6) is 1.01. The second-order valence-electron chi connectivity index (χ2n) is 11.0. The predicted octanol–water partition coefficient (Wildman–Crippen LogP) is 8.10. The van der Waals surface area contributed by atoms with Crippen LogP contribution in [0.1, 0.15) is 24.0 Å². The van der Waals surface area contributed by atoms with Gasteiger partial charge in [0.25, 0.3) is 0 Å². The van der Waals surface area contributed by atoms with Gasteiger partial charge in [0.05, 0.1) is 0 Å². The summed E-state index contributed by atoms with van der Waals surface area (Å²) in [5, 5.41) is 0. The Bertz CT molecular complexity index is 1900. The molecular weight excluding hydrogens is 684 g/mol. The summed E-state index contributed by atoms with van der Waals surface area (Å²) in [5.41, 5.74) is 1.96. The molecule has 0 heterocycles. The fourth-order valence-corrected chi connectivity index (χ4v) is 16.0. The van der Waals surface area contributed by atoms with Crippen molar-refractivity contribution in [2.45, 2.75) is 46.3 Å². The van der Waals surface area contributed by atoms with E-state index >= 15 is 0 Å². The molecule has 0 aromatic heterocycles. The fraction of sp³-hybridized carbons (Fsp3) is 0.111. The maximum atomic E-state index is 13.3. The summed E-state index contributed by atoms with van der Waals surface area (Å²) in [7, 11) is -7.39. The standard InChI is InChI=1S/2C13H12O3S.2C5H5.Zr/c2*1-10-2-6-12(7-3-10)17(15,16)13-8-4-11(14)5-9-13;2*1-2-4-5-3-1;/h2*2-9,14H,1H3;2*1-3H,4H2;/q;;;;+2/p-2. The molecule has 0 spiro atoms. The second-order valence-corrected chi connectivity index (χ2v) is 22.1. The van der Waals surface area contributed by atoms with Gasteiger partial charge in [-0.15, -0.1) is 0 Å². The number of aryl methyl sites for hydroxylation is 2. The van der Waals surface area contributed by atoms with E-state index in [9.17, 15) is 16.8 Å². The van der Waals surface area contributed by atoms with E-state index in [0.29, 0.717) is 24.3 Å². The molecular formula is C36H32O6S2Zr. The SMILES string of the molecule is Cc1ccc(S(=O)(=O)c2ccc([O][Zr]([O]c3ccc(S(=O)(=O)c4ccc(C)cc4)cc3)([C]3=CC=CC3)[C]3=CC=CC3)cc2)cc1. The monoisotopic (exact) mass is 714 g/mol. The number of allylic oxidation sites excluding steroid dienone is 8. The summed E-state index contributed by atoms with van der Waals surface area (Å²) < 4.78 is 69.0. The molecule has 0 fully saturated rings. The zero-order chi connectivity index (χ0) is 31.7. The molecule has 0 radical (unpaired) electrons. The fourth-order valence-electron chi connectivity index (χ4n) is 5.28. The van der Waals surface area contributed by atoms with E-state index in [1.54, 1.807) is 97.1 Å². The van der Waals surface area contributed by atoms with E-state index < -0.39 is 40.8 Å². The molecule has 0 bridgehead atoms. The minimum absolute atomic E-state index is 0.175. The van der Waals surface area contributed by atoms with Crippen molar-refractivity contribution >= 4 is 19.7 Å². The molecule has 228 valence electrons. The van der Waals surface area contributed by atoms with Gasteiger partial charge in [0.2, 0.25) is 0 Å². The molecule has 4 aromatic carbocycles. The Morgan fingerprint density at radius 1 is 0.489 bits per heavy atom. The van der Waals surface area contributed by atoms with Crippen LogP contribution in [0.25, 0.3) is 0 Å². The van der Waals surface area contributed by atoms with E-state index in [2.05, 4.69) is 12.2 Å². The third-order valence-electron chi connectivity index (χ3n) is 7.84. The average Bonchev–Trinajstić information content (AvgIpc) is 3.78. The van der Waals surface area contributed by atoms with Crippen LogP contribution in [0.3, 0.4) is 0 Å². The third-order valence-corrected chi connectivity index (χ3v) is 20.0. The van der Waals surface area contributed by atoms with Crippen molar-refractivity contribution in [1.29, 1.82) is 0 Å². The number of benzene rings is 4. The summed E-state index contributed by atoms with van der Waals surface area (Å²) in [4.78, 5) is 0.815. The van der Waals surface area contributed by atoms with Crippen molar-refractivity contribution in [2.24, 2.45) is 0 Å². The topological polar surface area (TPSA) is 86.7 Å². The second kappa shape index (κ2) is 12.5. The molecule has 6 nitrogen and oxygen atoms in total. The van der Waals surface area contributed by atoms with Gasteiger partial charge < -0.3 is 0 Å². The van der Waals surface area contributed by atoms with Crippen LogP contribution in [0.4, 0.5) is 0 Å². The quantitative estimate of drug-likeness (QED) is 0.165. The Balaban J connectivity index is 1.33. The summed E-state index contributed by atoms with van der Waals surface area (Å²) in [6, 6.07) is 26.5. The summed E-state index contributed by atoms with van der Waals surface area (Å²) >= 11 is -4.41. The van der Waals surface area contributed by atoms with Gasteiger partial charge in [0.1, 0.15) is 0 Å². The molecule has 2 aliphatic rings. The van der Waals surface area contributed by atoms with E-state index in [0.717, 1.165) is 17.7 Å². The molecule has 0 aliphatic heterocycles.